The molecule has 0 saturated heterocycles. The zero-order valence-electron chi connectivity index (χ0n) is 11.4. The molecule has 2 aromatic rings. The third kappa shape index (κ3) is 4.36. The Labute approximate surface area is 124 Å². The number of nitrogens with one attached hydrogen (secondary N) is 2. The summed E-state index contributed by atoms with van der Waals surface area (Å²) in [5, 5.41) is 10.2. The fourth-order valence-corrected chi connectivity index (χ4v) is 1.73. The minimum absolute atomic E-state index is 0. The minimum Gasteiger partial charge on any atom is -0.351 e. The molecule has 1 amide bonds. The van der Waals surface area contributed by atoms with Gasteiger partial charge in [-0.25, -0.2) is 4.68 Å². The number of rotatable bonds is 6. The van der Waals surface area contributed by atoms with Gasteiger partial charge in [-0.15, -0.1) is 12.4 Å². The van der Waals surface area contributed by atoms with Crippen LogP contribution in [-0.2, 0) is 0 Å². The van der Waals surface area contributed by atoms with Crippen molar-refractivity contribution < 1.29 is 4.79 Å². The van der Waals surface area contributed by atoms with Crippen molar-refractivity contribution in [3.63, 3.8) is 0 Å². The molecule has 1 aromatic heterocycles. The van der Waals surface area contributed by atoms with Crippen LogP contribution in [0.3, 0.4) is 0 Å². The molecule has 0 spiro atoms. The topological polar surface area (TPSA) is 58.9 Å². The number of likely N-dealkylation sites (N-methyl/N-ethyl adjacent to an activating group) is 1. The summed E-state index contributed by atoms with van der Waals surface area (Å²) >= 11 is 0. The van der Waals surface area contributed by atoms with Gasteiger partial charge < -0.3 is 10.6 Å². The van der Waals surface area contributed by atoms with Crippen LogP contribution in [0.4, 0.5) is 0 Å². The molecule has 20 heavy (non-hydrogen) atoms. The Balaban J connectivity index is 0.00000200. The van der Waals surface area contributed by atoms with Gasteiger partial charge in [-0.1, -0.05) is 6.92 Å². The second-order valence-corrected chi connectivity index (χ2v) is 4.11. The van der Waals surface area contributed by atoms with E-state index in [0.29, 0.717) is 12.1 Å². The molecule has 5 nitrogen and oxygen atoms in total. The predicted octanol–water partition coefficient (Wildman–Crippen LogP) is 1.63. The molecule has 108 valence electrons. The summed E-state index contributed by atoms with van der Waals surface area (Å²) in [4.78, 5) is 11.8. The first kappa shape index (κ1) is 16.2. The first-order valence-electron chi connectivity index (χ1n) is 6.40. The van der Waals surface area contributed by atoms with Crippen molar-refractivity contribution in [2.75, 3.05) is 19.6 Å². The lowest BCUT2D eigenvalue weighted by Crippen LogP contribution is -2.31. The summed E-state index contributed by atoms with van der Waals surface area (Å²) in [5.41, 5.74) is 1.60. The molecule has 0 aliphatic carbocycles. The Hall–Kier alpha value is -1.85. The van der Waals surface area contributed by atoms with Gasteiger partial charge in [0.25, 0.3) is 5.91 Å². The molecular weight excluding hydrogens is 276 g/mol. The molecule has 0 aliphatic heterocycles. The van der Waals surface area contributed by atoms with E-state index in [4.69, 9.17) is 0 Å². The molecule has 0 bridgehead atoms. The van der Waals surface area contributed by atoms with Crippen molar-refractivity contribution in [3.8, 4) is 5.69 Å². The van der Waals surface area contributed by atoms with Gasteiger partial charge >= 0.3 is 0 Å². The Bertz CT molecular complexity index is 510. The van der Waals surface area contributed by atoms with Gasteiger partial charge in [-0.05, 0) is 36.9 Å². The molecule has 0 unspecified atom stereocenters. The molecule has 2 N–H and O–H groups in total. The molecule has 6 heteroatoms. The number of carbonyl (C=O) groups excluding carboxylic acids is 1. The fraction of sp³-hybridized carbons (Fsp3) is 0.286. The smallest absolute Gasteiger partial charge is 0.251 e. The van der Waals surface area contributed by atoms with Gasteiger partial charge in [-0.2, -0.15) is 5.10 Å². The molecular formula is C14H19ClN4O. The third-order valence-corrected chi connectivity index (χ3v) is 2.74. The molecule has 1 heterocycles. The Morgan fingerprint density at radius 2 is 2.00 bits per heavy atom. The Morgan fingerprint density at radius 1 is 1.25 bits per heavy atom. The van der Waals surface area contributed by atoms with Crippen LogP contribution in [0.5, 0.6) is 0 Å². The van der Waals surface area contributed by atoms with E-state index >= 15 is 0 Å². The SMILES string of the molecule is CCNCCNC(=O)c1ccc(-n2cccn2)cc1.Cl. The van der Waals surface area contributed by atoms with E-state index in [-0.39, 0.29) is 18.3 Å². The molecule has 0 fully saturated rings. The van der Waals surface area contributed by atoms with Crippen LogP contribution in [0.1, 0.15) is 17.3 Å². The van der Waals surface area contributed by atoms with E-state index in [1.165, 1.54) is 0 Å². The zero-order valence-corrected chi connectivity index (χ0v) is 12.2. The number of hydrogen-bond acceptors (Lipinski definition) is 3. The maximum atomic E-state index is 11.8. The molecule has 1 aromatic carbocycles. The largest absolute Gasteiger partial charge is 0.351 e. The predicted molar refractivity (Wildman–Crippen MR) is 81.7 cm³/mol. The van der Waals surface area contributed by atoms with Gasteiger partial charge in [0.05, 0.1) is 5.69 Å². The zero-order chi connectivity index (χ0) is 13.5. The lowest BCUT2D eigenvalue weighted by atomic mass is 10.2. The first-order valence-corrected chi connectivity index (χ1v) is 6.40. The van der Waals surface area contributed by atoms with E-state index in [0.717, 1.165) is 18.8 Å². The van der Waals surface area contributed by atoms with Crippen LogP contribution in [0, 0.1) is 0 Å². The van der Waals surface area contributed by atoms with Crippen LogP contribution in [-0.4, -0.2) is 35.3 Å². The quantitative estimate of drug-likeness (QED) is 0.796. The van der Waals surface area contributed by atoms with Crippen molar-refractivity contribution in [1.82, 2.24) is 20.4 Å². The van der Waals surface area contributed by atoms with Crippen LogP contribution in [0.15, 0.2) is 42.7 Å². The standard InChI is InChI=1S/C14H18N4O.ClH/c1-2-15-9-10-16-14(19)12-4-6-13(7-5-12)18-11-3-8-17-18;/h3-8,11,15H,2,9-10H2,1H3,(H,16,19);1H. The summed E-state index contributed by atoms with van der Waals surface area (Å²) in [6.45, 7) is 4.37. The number of benzene rings is 1. The Morgan fingerprint density at radius 3 is 2.60 bits per heavy atom. The lowest BCUT2D eigenvalue weighted by Gasteiger charge is -2.06. The lowest BCUT2D eigenvalue weighted by molar-refractivity contribution is 0.0954. The molecule has 0 saturated carbocycles. The van der Waals surface area contributed by atoms with Crippen LogP contribution < -0.4 is 10.6 Å². The third-order valence-electron chi connectivity index (χ3n) is 2.74. The van der Waals surface area contributed by atoms with Crippen LogP contribution in [0.2, 0.25) is 0 Å². The van der Waals surface area contributed by atoms with Crippen molar-refractivity contribution in [3.05, 3.63) is 48.3 Å². The number of amides is 1. The summed E-state index contributed by atoms with van der Waals surface area (Å²) in [6, 6.07) is 9.24. The second-order valence-electron chi connectivity index (χ2n) is 4.11. The van der Waals surface area contributed by atoms with E-state index in [1.54, 1.807) is 23.0 Å². The maximum Gasteiger partial charge on any atom is 0.251 e. The second kappa shape index (κ2) is 8.35. The number of nitrogens with zero attached hydrogens (tertiary/aromatic N) is 2. The summed E-state index contributed by atoms with van der Waals surface area (Å²) in [7, 11) is 0. The average Bonchev–Trinajstić information content (AvgIpc) is 2.98. The molecule has 0 atom stereocenters. The molecule has 0 aliphatic rings. The van der Waals surface area contributed by atoms with Crippen molar-refractivity contribution >= 4 is 18.3 Å². The number of halogens is 1. The highest BCUT2D eigenvalue weighted by Crippen LogP contribution is 2.08. The highest BCUT2D eigenvalue weighted by atomic mass is 35.5. The first-order chi connectivity index (χ1) is 9.31. The molecule has 2 rings (SSSR count). The average molecular weight is 295 g/mol. The van der Waals surface area contributed by atoms with Gasteiger partial charge in [0, 0.05) is 31.0 Å². The van der Waals surface area contributed by atoms with Crippen molar-refractivity contribution in [2.45, 2.75) is 6.92 Å². The van der Waals surface area contributed by atoms with Crippen molar-refractivity contribution in [2.24, 2.45) is 0 Å². The van der Waals surface area contributed by atoms with Gasteiger partial charge in [0.15, 0.2) is 0 Å². The van der Waals surface area contributed by atoms with Crippen molar-refractivity contribution in [1.29, 1.82) is 0 Å². The normalized spacial score (nSPS) is 9.85. The monoisotopic (exact) mass is 294 g/mol. The van der Waals surface area contributed by atoms with E-state index < -0.39 is 0 Å². The summed E-state index contributed by atoms with van der Waals surface area (Å²) in [6.07, 6.45) is 3.59. The van der Waals surface area contributed by atoms with Gasteiger partial charge in [-0.3, -0.25) is 4.79 Å². The van der Waals surface area contributed by atoms with E-state index in [9.17, 15) is 4.79 Å². The van der Waals surface area contributed by atoms with E-state index in [1.807, 2.05) is 31.3 Å². The van der Waals surface area contributed by atoms with Crippen LogP contribution >= 0.6 is 12.4 Å². The number of hydrogen-bond donors (Lipinski definition) is 2. The summed E-state index contributed by atoms with van der Waals surface area (Å²) in [5.74, 6) is -0.0510. The number of carbonyl (C=O) groups is 1. The summed E-state index contributed by atoms with van der Waals surface area (Å²) < 4.78 is 1.76. The van der Waals surface area contributed by atoms with Gasteiger partial charge in [0.2, 0.25) is 0 Å². The highest BCUT2D eigenvalue weighted by molar-refractivity contribution is 5.94. The van der Waals surface area contributed by atoms with Crippen LogP contribution in [0.25, 0.3) is 5.69 Å². The fourth-order valence-electron chi connectivity index (χ4n) is 1.73. The van der Waals surface area contributed by atoms with Gasteiger partial charge in [0.1, 0.15) is 0 Å². The van der Waals surface area contributed by atoms with E-state index in [2.05, 4.69) is 15.7 Å². The highest BCUT2D eigenvalue weighted by Gasteiger charge is 2.04. The maximum absolute atomic E-state index is 11.8. The Kier molecular flexibility index (Phi) is 6.76. The molecule has 0 radical (unpaired) electrons. The minimum atomic E-state index is -0.0510. The number of aromatic nitrogens is 2.